The normalized spacial score (nSPS) is 12.2. The molecule has 0 saturated heterocycles. The molecule has 4 N–H and O–H groups in total. The van der Waals surface area contributed by atoms with Crippen LogP contribution in [0.5, 0.6) is 17.2 Å². The quantitative estimate of drug-likeness (QED) is 0.0847. The Kier molecular flexibility index (Phi) is 8.97. The van der Waals surface area contributed by atoms with Crippen molar-refractivity contribution < 1.29 is 40.5 Å². The zero-order chi connectivity index (χ0) is 33.1. The summed E-state index contributed by atoms with van der Waals surface area (Å²) in [5.41, 5.74) is 1.40. The van der Waals surface area contributed by atoms with Crippen LogP contribution in [0.25, 0.3) is 10.8 Å². The molecule has 236 valence electrons. The third kappa shape index (κ3) is 7.10. The molecule has 0 fully saturated rings. The molecule has 0 aliphatic heterocycles. The highest BCUT2D eigenvalue weighted by Crippen LogP contribution is 2.45. The number of ether oxygens (including phenoxy) is 2. The molecule has 0 radical (unpaired) electrons. The third-order valence-electron chi connectivity index (χ3n) is 6.54. The molecule has 0 aliphatic rings. The van der Waals surface area contributed by atoms with Crippen molar-refractivity contribution in [2.24, 2.45) is 20.5 Å². The van der Waals surface area contributed by atoms with E-state index in [1.165, 1.54) is 44.6 Å². The fourth-order valence-corrected chi connectivity index (χ4v) is 5.47. The number of hydrogen-bond acceptors (Lipinski definition) is 12. The summed E-state index contributed by atoms with van der Waals surface area (Å²) in [6, 6.07) is 23.1. The molecule has 5 aromatic rings. The highest BCUT2D eigenvalue weighted by Gasteiger charge is 2.23. The number of fused-ring (bicyclic) bond motifs is 1. The fourth-order valence-electron chi connectivity index (χ4n) is 4.33. The summed E-state index contributed by atoms with van der Waals surface area (Å²) in [7, 11) is -6.54. The van der Waals surface area contributed by atoms with Crippen molar-refractivity contribution in [3.63, 3.8) is 0 Å². The van der Waals surface area contributed by atoms with Crippen LogP contribution in [0.4, 0.5) is 34.1 Å². The lowest BCUT2D eigenvalue weighted by Gasteiger charge is -2.12. The number of methoxy groups -OCH3 is 2. The van der Waals surface area contributed by atoms with Crippen molar-refractivity contribution in [1.29, 1.82) is 0 Å². The number of rotatable bonds is 10. The zero-order valence-electron chi connectivity index (χ0n) is 24.1. The maximum Gasteiger partial charge on any atom is 0.296 e. The van der Waals surface area contributed by atoms with Crippen molar-refractivity contribution in [3.8, 4) is 17.2 Å². The standard InChI is InChI=1S/C30H25N5O9S2/c1-43-26-17-25(27(44-2)16-24(26)33-32-20-8-11-22(12-9-20)45(37,38)39)34-35-29-28(46(40,41)42)15-18-14-21(10-13-23(18)30(29)36)31-19-6-4-3-5-7-19/h3-17,31,36H,1-2H3,(H,37,38,39)(H,40,41,42). The molecule has 16 heteroatoms. The predicted molar refractivity (Wildman–Crippen MR) is 169 cm³/mol. The zero-order valence-corrected chi connectivity index (χ0v) is 25.7. The first kappa shape index (κ1) is 32.0. The van der Waals surface area contributed by atoms with E-state index in [-0.39, 0.29) is 38.8 Å². The summed E-state index contributed by atoms with van der Waals surface area (Å²) in [5, 5.41) is 31.0. The van der Waals surface area contributed by atoms with Gasteiger partial charge in [-0.25, -0.2) is 0 Å². The highest BCUT2D eigenvalue weighted by molar-refractivity contribution is 7.86. The van der Waals surface area contributed by atoms with Gasteiger partial charge in [0.15, 0.2) is 5.75 Å². The Labute approximate surface area is 263 Å². The van der Waals surface area contributed by atoms with Gasteiger partial charge in [0.1, 0.15) is 33.5 Å². The van der Waals surface area contributed by atoms with Crippen LogP contribution in [0.15, 0.2) is 121 Å². The topological polar surface area (TPSA) is 209 Å². The smallest absolute Gasteiger partial charge is 0.296 e. The van der Waals surface area contributed by atoms with Crippen LogP contribution in [-0.4, -0.2) is 45.3 Å². The minimum atomic E-state index is -4.87. The van der Waals surface area contributed by atoms with Crippen molar-refractivity contribution >= 4 is 65.1 Å². The van der Waals surface area contributed by atoms with Crippen LogP contribution < -0.4 is 14.8 Å². The van der Waals surface area contributed by atoms with Gasteiger partial charge in [-0.3, -0.25) is 9.11 Å². The summed E-state index contributed by atoms with van der Waals surface area (Å²) in [5.74, 6) is -0.258. The summed E-state index contributed by atoms with van der Waals surface area (Å²) in [4.78, 5) is -0.977. The average Bonchev–Trinajstić information content (AvgIpc) is 3.02. The van der Waals surface area contributed by atoms with Crippen LogP contribution in [0, 0.1) is 0 Å². The molecular formula is C30H25N5O9S2. The molecule has 0 saturated carbocycles. The first-order valence-corrected chi connectivity index (χ1v) is 16.0. The molecule has 0 bridgehead atoms. The minimum absolute atomic E-state index is 0.0546. The van der Waals surface area contributed by atoms with Crippen LogP contribution >= 0.6 is 0 Å². The molecule has 0 aromatic heterocycles. The molecule has 5 aromatic carbocycles. The molecule has 5 rings (SSSR count). The second kappa shape index (κ2) is 12.9. The van der Waals surface area contributed by atoms with Gasteiger partial charge < -0.3 is 19.9 Å². The first-order valence-electron chi connectivity index (χ1n) is 13.1. The number of phenolic OH excluding ortho intramolecular Hbond substituents is 1. The fraction of sp³-hybridized carbons (Fsp3) is 0.0667. The summed E-state index contributed by atoms with van der Waals surface area (Å²) < 4.78 is 77.2. The van der Waals surface area contributed by atoms with E-state index in [2.05, 4.69) is 25.8 Å². The molecule has 0 unspecified atom stereocenters. The van der Waals surface area contributed by atoms with Gasteiger partial charge >= 0.3 is 0 Å². The van der Waals surface area contributed by atoms with E-state index in [9.17, 15) is 26.5 Å². The van der Waals surface area contributed by atoms with Crippen LogP contribution in [-0.2, 0) is 20.2 Å². The summed E-state index contributed by atoms with van der Waals surface area (Å²) >= 11 is 0. The summed E-state index contributed by atoms with van der Waals surface area (Å²) in [6.45, 7) is 0. The largest absolute Gasteiger partial charge is 0.505 e. The lowest BCUT2D eigenvalue weighted by molar-refractivity contribution is 0.405. The van der Waals surface area contributed by atoms with Gasteiger partial charge in [0, 0.05) is 28.9 Å². The maximum atomic E-state index is 12.4. The lowest BCUT2D eigenvalue weighted by atomic mass is 10.1. The number of hydrogen-bond donors (Lipinski definition) is 4. The van der Waals surface area contributed by atoms with Crippen molar-refractivity contribution in [1.82, 2.24) is 0 Å². The Bertz CT molecular complexity index is 2210. The molecule has 0 spiro atoms. The number of phenols is 1. The van der Waals surface area contributed by atoms with E-state index < -0.39 is 36.6 Å². The van der Waals surface area contributed by atoms with E-state index in [1.807, 2.05) is 30.3 Å². The maximum absolute atomic E-state index is 12.4. The van der Waals surface area contributed by atoms with Gasteiger partial charge in [-0.05, 0) is 66.0 Å². The molecule has 0 amide bonds. The average molecular weight is 664 g/mol. The van der Waals surface area contributed by atoms with E-state index in [0.717, 1.165) is 17.8 Å². The van der Waals surface area contributed by atoms with Crippen LogP contribution in [0.2, 0.25) is 0 Å². The number of anilines is 2. The number of nitrogens with zero attached hydrogens (tertiary/aromatic N) is 4. The minimum Gasteiger partial charge on any atom is -0.505 e. The second-order valence-corrected chi connectivity index (χ2v) is 12.4. The van der Waals surface area contributed by atoms with Crippen molar-refractivity contribution in [2.45, 2.75) is 9.79 Å². The number of para-hydroxylation sites is 1. The van der Waals surface area contributed by atoms with Crippen molar-refractivity contribution in [2.75, 3.05) is 19.5 Å². The predicted octanol–water partition coefficient (Wildman–Crippen LogP) is 7.63. The van der Waals surface area contributed by atoms with Crippen molar-refractivity contribution in [3.05, 3.63) is 91.0 Å². The van der Waals surface area contributed by atoms with E-state index in [4.69, 9.17) is 14.0 Å². The van der Waals surface area contributed by atoms with E-state index in [1.54, 1.807) is 18.2 Å². The number of aromatic hydroxyl groups is 1. The van der Waals surface area contributed by atoms with E-state index >= 15 is 0 Å². The Balaban J connectivity index is 1.51. The Morgan fingerprint density at radius 1 is 0.652 bits per heavy atom. The number of benzene rings is 5. The number of azo groups is 2. The SMILES string of the molecule is COc1cc(N=Nc2c(S(=O)(=O)O)cc3cc(Nc4ccccc4)ccc3c2O)c(OC)cc1N=Nc1ccc(S(=O)(=O)O)cc1. The van der Waals surface area contributed by atoms with E-state index in [0.29, 0.717) is 11.1 Å². The van der Waals surface area contributed by atoms with Gasteiger partial charge in [-0.2, -0.15) is 21.9 Å². The van der Waals surface area contributed by atoms with Gasteiger partial charge in [-0.1, -0.05) is 18.2 Å². The second-order valence-electron chi connectivity index (χ2n) is 9.54. The monoisotopic (exact) mass is 663 g/mol. The van der Waals surface area contributed by atoms with Gasteiger partial charge in [-0.15, -0.1) is 15.3 Å². The van der Waals surface area contributed by atoms with Gasteiger partial charge in [0.2, 0.25) is 0 Å². The Morgan fingerprint density at radius 3 is 1.83 bits per heavy atom. The third-order valence-corrected chi connectivity index (χ3v) is 8.27. The summed E-state index contributed by atoms with van der Waals surface area (Å²) in [6.07, 6.45) is 0. The molecule has 46 heavy (non-hydrogen) atoms. The van der Waals surface area contributed by atoms with Gasteiger partial charge in [0.05, 0.1) is 24.8 Å². The van der Waals surface area contributed by atoms with Crippen LogP contribution in [0.1, 0.15) is 0 Å². The van der Waals surface area contributed by atoms with Gasteiger partial charge in [0.25, 0.3) is 20.2 Å². The number of nitrogens with one attached hydrogen (secondary N) is 1. The lowest BCUT2D eigenvalue weighted by Crippen LogP contribution is -1.99. The van der Waals surface area contributed by atoms with Crippen LogP contribution in [0.3, 0.4) is 0 Å². The molecule has 0 heterocycles. The molecule has 0 aliphatic carbocycles. The molecular weight excluding hydrogens is 638 g/mol. The molecule has 14 nitrogen and oxygen atoms in total. The Morgan fingerprint density at radius 2 is 1.26 bits per heavy atom. The molecule has 0 atom stereocenters. The Hall–Kier alpha value is -5.42. The highest BCUT2D eigenvalue weighted by atomic mass is 32.2. The first-order chi connectivity index (χ1) is 21.9.